The Morgan fingerprint density at radius 2 is 1.58 bits per heavy atom. The molecule has 1 aliphatic rings. The van der Waals surface area contributed by atoms with Crippen LogP contribution in [-0.4, -0.2) is 52.1 Å². The molecule has 0 aromatic carbocycles. The maximum Gasteiger partial charge on any atom is 0.330 e. The molecule has 4 atom stereocenters. The van der Waals surface area contributed by atoms with Crippen LogP contribution in [0.3, 0.4) is 0 Å². The maximum atomic E-state index is 16.1. The van der Waals surface area contributed by atoms with Crippen molar-refractivity contribution in [2.45, 2.75) is 65.8 Å². The van der Waals surface area contributed by atoms with Gasteiger partial charge in [0.2, 0.25) is 6.10 Å². The predicted molar refractivity (Wildman–Crippen MR) is 111 cm³/mol. The van der Waals surface area contributed by atoms with E-state index < -0.39 is 77.8 Å². The Balaban J connectivity index is 2.56. The third-order valence-electron chi connectivity index (χ3n) is 4.77. The highest BCUT2D eigenvalue weighted by molar-refractivity contribution is 5.73. The number of ether oxygens (including phenoxy) is 4. The first-order chi connectivity index (χ1) is 15.3. The molecule has 1 N–H and O–H groups in total. The van der Waals surface area contributed by atoms with Crippen molar-refractivity contribution >= 4 is 17.9 Å². The molecule has 1 fully saturated rings. The summed E-state index contributed by atoms with van der Waals surface area (Å²) in [4.78, 5) is 62.5. The largest absolute Gasteiger partial charge is 0.459 e. The van der Waals surface area contributed by atoms with Gasteiger partial charge in [-0.1, -0.05) is 41.5 Å². The SMILES string of the molecule is CC(C)C(=O)OC[C@@]1(F)O[C@@H](n2ccc(=O)[nH]c2=O)[C@H](OC(=O)C(C)C)[C@@H]1OC(=O)C(C)C. The number of carbonyl (C=O) groups is 3. The van der Waals surface area contributed by atoms with Crippen LogP contribution in [0.1, 0.15) is 47.8 Å². The third-order valence-corrected chi connectivity index (χ3v) is 4.77. The van der Waals surface area contributed by atoms with Gasteiger partial charge >= 0.3 is 23.6 Å². The van der Waals surface area contributed by atoms with Gasteiger partial charge in [0.15, 0.2) is 18.9 Å². The Morgan fingerprint density at radius 1 is 1.03 bits per heavy atom. The lowest BCUT2D eigenvalue weighted by Crippen LogP contribution is -2.48. The van der Waals surface area contributed by atoms with E-state index in [2.05, 4.69) is 0 Å². The lowest BCUT2D eigenvalue weighted by molar-refractivity contribution is -0.226. The molecule has 33 heavy (non-hydrogen) atoms. The molecule has 0 bridgehead atoms. The number of halogens is 1. The average molecular weight is 472 g/mol. The van der Waals surface area contributed by atoms with Gasteiger partial charge in [-0.05, 0) is 0 Å². The Morgan fingerprint density at radius 3 is 2.09 bits per heavy atom. The van der Waals surface area contributed by atoms with E-state index in [-0.39, 0.29) is 0 Å². The molecule has 12 heteroatoms. The number of rotatable bonds is 8. The summed E-state index contributed by atoms with van der Waals surface area (Å²) in [6.07, 6.45) is -4.12. The van der Waals surface area contributed by atoms with Crippen LogP contribution in [-0.2, 0) is 33.3 Å². The smallest absolute Gasteiger partial charge is 0.330 e. The highest BCUT2D eigenvalue weighted by atomic mass is 19.2. The molecule has 0 amide bonds. The zero-order chi connectivity index (χ0) is 25.1. The summed E-state index contributed by atoms with van der Waals surface area (Å²) in [6, 6.07) is 0.984. The van der Waals surface area contributed by atoms with Crippen molar-refractivity contribution < 1.29 is 37.7 Å². The molecule has 0 unspecified atom stereocenters. The van der Waals surface area contributed by atoms with E-state index in [0.717, 1.165) is 16.8 Å². The second-order valence-electron chi connectivity index (χ2n) is 8.64. The number of nitrogens with one attached hydrogen (secondary N) is 1. The van der Waals surface area contributed by atoms with Gasteiger partial charge < -0.3 is 18.9 Å². The highest BCUT2D eigenvalue weighted by Crippen LogP contribution is 2.42. The molecule has 2 heterocycles. The van der Waals surface area contributed by atoms with Gasteiger partial charge in [0.05, 0.1) is 17.8 Å². The standard InChI is InChI=1S/C21H29FN2O9/c1-10(2)17(26)30-9-21(22)15(32-19(28)12(5)6)14(31-18(27)11(3)4)16(33-21)24-8-7-13(25)23-20(24)29/h7-8,10-12,14-16H,9H2,1-6H3,(H,23,25,29)/t14-,15+,16-,21-/m1/s1. The fourth-order valence-corrected chi connectivity index (χ4v) is 2.83. The number of nitrogens with zero attached hydrogens (tertiary/aromatic N) is 1. The van der Waals surface area contributed by atoms with Gasteiger partial charge in [-0.3, -0.25) is 28.7 Å². The van der Waals surface area contributed by atoms with E-state index >= 15 is 4.39 Å². The third kappa shape index (κ3) is 6.06. The summed E-state index contributed by atoms with van der Waals surface area (Å²) in [5.74, 6) is -7.22. The summed E-state index contributed by atoms with van der Waals surface area (Å²) in [5.41, 5.74) is -1.69. The molecule has 0 spiro atoms. The summed E-state index contributed by atoms with van der Waals surface area (Å²) in [7, 11) is 0. The van der Waals surface area contributed by atoms with Crippen LogP contribution >= 0.6 is 0 Å². The number of H-pyrrole nitrogens is 1. The topological polar surface area (TPSA) is 143 Å². The number of esters is 3. The van der Waals surface area contributed by atoms with Crippen LogP contribution in [0.5, 0.6) is 0 Å². The van der Waals surface area contributed by atoms with Crippen LogP contribution in [0.15, 0.2) is 21.9 Å². The lowest BCUT2D eigenvalue weighted by Gasteiger charge is -2.28. The molecular weight excluding hydrogens is 443 g/mol. The number of aromatic amines is 1. The minimum atomic E-state index is -2.96. The van der Waals surface area contributed by atoms with E-state index in [0.29, 0.717) is 0 Å². The molecule has 184 valence electrons. The summed E-state index contributed by atoms with van der Waals surface area (Å²) in [5, 5.41) is 0. The molecular formula is C21H29FN2O9. The first-order valence-electron chi connectivity index (χ1n) is 10.5. The lowest BCUT2D eigenvalue weighted by atomic mass is 10.1. The first-order valence-corrected chi connectivity index (χ1v) is 10.5. The van der Waals surface area contributed by atoms with Crippen molar-refractivity contribution in [1.82, 2.24) is 9.55 Å². The van der Waals surface area contributed by atoms with Crippen LogP contribution in [0.25, 0.3) is 0 Å². The van der Waals surface area contributed by atoms with Gasteiger partial charge in [-0.15, -0.1) is 0 Å². The van der Waals surface area contributed by atoms with E-state index in [1.54, 1.807) is 0 Å². The molecule has 1 aliphatic heterocycles. The summed E-state index contributed by atoms with van der Waals surface area (Å²) < 4.78 is 38.0. The van der Waals surface area contributed by atoms with Crippen molar-refractivity contribution in [2.24, 2.45) is 17.8 Å². The van der Waals surface area contributed by atoms with Crippen molar-refractivity contribution in [3.63, 3.8) is 0 Å². The minimum Gasteiger partial charge on any atom is -0.459 e. The zero-order valence-electron chi connectivity index (χ0n) is 19.3. The Kier molecular flexibility index (Phi) is 8.17. The van der Waals surface area contributed by atoms with Crippen LogP contribution in [0.4, 0.5) is 4.39 Å². The Bertz CT molecular complexity index is 1000. The van der Waals surface area contributed by atoms with Gasteiger partial charge in [0.25, 0.3) is 11.4 Å². The number of aromatic nitrogens is 2. The van der Waals surface area contributed by atoms with Gasteiger partial charge in [-0.25, -0.2) is 9.18 Å². The Labute approximate surface area is 189 Å². The van der Waals surface area contributed by atoms with Gasteiger partial charge in [0.1, 0.15) is 0 Å². The molecule has 11 nitrogen and oxygen atoms in total. The normalized spacial score (nSPS) is 24.8. The minimum absolute atomic E-state index is 0.584. The predicted octanol–water partition coefficient (Wildman–Crippen LogP) is 1.07. The molecule has 2 rings (SSSR count). The molecule has 0 saturated carbocycles. The summed E-state index contributed by atoms with van der Waals surface area (Å²) in [6.45, 7) is 8.16. The first kappa shape index (κ1) is 26.2. The molecule has 0 aliphatic carbocycles. The maximum absolute atomic E-state index is 16.1. The van der Waals surface area contributed by atoms with Crippen molar-refractivity contribution in [3.05, 3.63) is 33.1 Å². The second kappa shape index (κ2) is 10.3. The summed E-state index contributed by atoms with van der Waals surface area (Å²) >= 11 is 0. The van der Waals surface area contributed by atoms with Crippen LogP contribution < -0.4 is 11.2 Å². The van der Waals surface area contributed by atoms with Gasteiger partial charge in [-0.2, -0.15) is 0 Å². The fraction of sp³-hybridized carbons (Fsp3) is 0.667. The van der Waals surface area contributed by atoms with E-state index in [1.165, 1.54) is 41.5 Å². The zero-order valence-corrected chi connectivity index (χ0v) is 19.3. The van der Waals surface area contributed by atoms with Crippen molar-refractivity contribution in [1.29, 1.82) is 0 Å². The monoisotopic (exact) mass is 472 g/mol. The quantitative estimate of drug-likeness (QED) is 0.434. The van der Waals surface area contributed by atoms with E-state index in [1.807, 2.05) is 4.98 Å². The molecule has 1 aromatic rings. The van der Waals surface area contributed by atoms with Crippen LogP contribution in [0, 0.1) is 17.8 Å². The number of hydrogen-bond donors (Lipinski definition) is 1. The fourth-order valence-electron chi connectivity index (χ4n) is 2.83. The second-order valence-corrected chi connectivity index (χ2v) is 8.64. The van der Waals surface area contributed by atoms with Crippen LogP contribution in [0.2, 0.25) is 0 Å². The van der Waals surface area contributed by atoms with E-state index in [9.17, 15) is 24.0 Å². The number of carbonyl (C=O) groups excluding carboxylic acids is 3. The van der Waals surface area contributed by atoms with Crippen molar-refractivity contribution in [3.8, 4) is 0 Å². The Hall–Kier alpha value is -3.02. The van der Waals surface area contributed by atoms with E-state index in [4.69, 9.17) is 18.9 Å². The molecule has 1 saturated heterocycles. The number of hydrogen-bond acceptors (Lipinski definition) is 9. The molecule has 1 aromatic heterocycles. The molecule has 0 radical (unpaired) electrons. The average Bonchev–Trinajstić information content (AvgIpc) is 2.97. The highest BCUT2D eigenvalue weighted by Gasteiger charge is 2.62. The number of alkyl halides is 1. The van der Waals surface area contributed by atoms with Crippen molar-refractivity contribution in [2.75, 3.05) is 6.61 Å². The van der Waals surface area contributed by atoms with Gasteiger partial charge in [0, 0.05) is 12.3 Å².